The topological polar surface area (TPSA) is 43.6 Å². The standard InChI is InChI=1S/C13H12N4/c1-9-8-14-11-13(15-9)17(2)12(16-11)10-6-4-3-5-7-10/h3-8H,1-2H3. The Morgan fingerprint density at radius 1 is 1.06 bits per heavy atom. The van der Waals surface area contributed by atoms with Gasteiger partial charge in [-0.25, -0.2) is 15.0 Å². The summed E-state index contributed by atoms with van der Waals surface area (Å²) in [5, 5.41) is 0. The Hall–Kier alpha value is -2.23. The average Bonchev–Trinajstić information content (AvgIpc) is 2.68. The second-order valence-electron chi connectivity index (χ2n) is 4.02. The van der Waals surface area contributed by atoms with Crippen LogP contribution in [0.3, 0.4) is 0 Å². The molecule has 17 heavy (non-hydrogen) atoms. The Morgan fingerprint density at radius 3 is 2.59 bits per heavy atom. The quantitative estimate of drug-likeness (QED) is 0.637. The van der Waals surface area contributed by atoms with Gasteiger partial charge in [0.2, 0.25) is 0 Å². The van der Waals surface area contributed by atoms with Gasteiger partial charge < -0.3 is 4.57 Å². The van der Waals surface area contributed by atoms with Crippen molar-refractivity contribution in [1.82, 2.24) is 19.5 Å². The highest BCUT2D eigenvalue weighted by Crippen LogP contribution is 2.20. The van der Waals surface area contributed by atoms with E-state index >= 15 is 0 Å². The fourth-order valence-corrected chi connectivity index (χ4v) is 1.88. The monoisotopic (exact) mass is 224 g/mol. The van der Waals surface area contributed by atoms with E-state index in [0.29, 0.717) is 5.65 Å². The summed E-state index contributed by atoms with van der Waals surface area (Å²) in [4.78, 5) is 13.3. The minimum atomic E-state index is 0.692. The molecular formula is C13H12N4. The maximum atomic E-state index is 4.51. The first-order chi connectivity index (χ1) is 8.25. The average molecular weight is 224 g/mol. The highest BCUT2D eigenvalue weighted by atomic mass is 15.1. The molecule has 0 fully saturated rings. The Balaban J connectivity index is 2.28. The van der Waals surface area contributed by atoms with E-state index in [-0.39, 0.29) is 0 Å². The molecule has 0 unspecified atom stereocenters. The Bertz CT molecular complexity index is 670. The Labute approximate surface area is 99.0 Å². The van der Waals surface area contributed by atoms with E-state index in [1.54, 1.807) is 6.20 Å². The van der Waals surface area contributed by atoms with Crippen LogP contribution in [0.4, 0.5) is 0 Å². The van der Waals surface area contributed by atoms with Gasteiger partial charge in [0.1, 0.15) is 5.82 Å². The molecular weight excluding hydrogens is 212 g/mol. The highest BCUT2D eigenvalue weighted by molar-refractivity contribution is 5.73. The first kappa shape index (κ1) is 9.96. The van der Waals surface area contributed by atoms with Crippen molar-refractivity contribution in [2.75, 3.05) is 0 Å². The maximum Gasteiger partial charge on any atom is 0.198 e. The van der Waals surface area contributed by atoms with Crippen LogP contribution in [-0.2, 0) is 7.05 Å². The van der Waals surface area contributed by atoms with Crippen LogP contribution in [0.15, 0.2) is 36.5 Å². The lowest BCUT2D eigenvalue weighted by Gasteiger charge is -2.00. The lowest BCUT2D eigenvalue weighted by molar-refractivity contribution is 0.936. The fourth-order valence-electron chi connectivity index (χ4n) is 1.88. The van der Waals surface area contributed by atoms with Crippen molar-refractivity contribution in [3.63, 3.8) is 0 Å². The van der Waals surface area contributed by atoms with E-state index in [4.69, 9.17) is 0 Å². The molecule has 0 saturated carbocycles. The fraction of sp³-hybridized carbons (Fsp3) is 0.154. The van der Waals surface area contributed by atoms with Crippen molar-refractivity contribution in [2.45, 2.75) is 6.92 Å². The summed E-state index contributed by atoms with van der Waals surface area (Å²) in [5.74, 6) is 0.895. The number of nitrogens with zero attached hydrogens (tertiary/aromatic N) is 4. The second kappa shape index (κ2) is 3.66. The van der Waals surface area contributed by atoms with Gasteiger partial charge in [0.25, 0.3) is 0 Å². The number of fused-ring (bicyclic) bond motifs is 1. The minimum absolute atomic E-state index is 0.692. The predicted octanol–water partition coefficient (Wildman–Crippen LogP) is 2.34. The van der Waals surface area contributed by atoms with Crippen molar-refractivity contribution < 1.29 is 0 Å². The summed E-state index contributed by atoms with van der Waals surface area (Å²) >= 11 is 0. The van der Waals surface area contributed by atoms with Gasteiger partial charge in [-0.1, -0.05) is 30.3 Å². The Kier molecular flexibility index (Phi) is 2.14. The summed E-state index contributed by atoms with van der Waals surface area (Å²) in [7, 11) is 1.96. The molecule has 84 valence electrons. The smallest absolute Gasteiger partial charge is 0.198 e. The van der Waals surface area contributed by atoms with Gasteiger partial charge in [-0.3, -0.25) is 0 Å². The van der Waals surface area contributed by atoms with Crippen LogP contribution in [0.1, 0.15) is 5.69 Å². The summed E-state index contributed by atoms with van der Waals surface area (Å²) in [6.07, 6.45) is 1.74. The third-order valence-corrected chi connectivity index (χ3v) is 2.74. The first-order valence-corrected chi connectivity index (χ1v) is 5.47. The molecule has 2 aromatic heterocycles. The van der Waals surface area contributed by atoms with E-state index < -0.39 is 0 Å². The van der Waals surface area contributed by atoms with Gasteiger partial charge in [-0.15, -0.1) is 0 Å². The van der Waals surface area contributed by atoms with E-state index in [1.165, 1.54) is 0 Å². The van der Waals surface area contributed by atoms with Gasteiger partial charge in [0.15, 0.2) is 11.3 Å². The normalized spacial score (nSPS) is 10.9. The van der Waals surface area contributed by atoms with E-state index in [1.807, 2.05) is 48.9 Å². The van der Waals surface area contributed by atoms with E-state index in [0.717, 1.165) is 22.7 Å². The number of imidazole rings is 1. The van der Waals surface area contributed by atoms with Crippen LogP contribution in [0.25, 0.3) is 22.7 Å². The summed E-state index contributed by atoms with van der Waals surface area (Å²) < 4.78 is 1.98. The maximum absolute atomic E-state index is 4.51. The largest absolute Gasteiger partial charge is 0.310 e. The molecule has 0 amide bonds. The Morgan fingerprint density at radius 2 is 1.82 bits per heavy atom. The summed E-state index contributed by atoms with van der Waals surface area (Å²) in [6.45, 7) is 1.93. The van der Waals surface area contributed by atoms with Crippen molar-refractivity contribution in [3.05, 3.63) is 42.2 Å². The van der Waals surface area contributed by atoms with Crippen molar-refractivity contribution in [1.29, 1.82) is 0 Å². The molecule has 0 N–H and O–H groups in total. The van der Waals surface area contributed by atoms with Crippen LogP contribution in [0.2, 0.25) is 0 Å². The molecule has 3 aromatic rings. The van der Waals surface area contributed by atoms with Crippen LogP contribution < -0.4 is 0 Å². The number of hydrogen-bond donors (Lipinski definition) is 0. The third kappa shape index (κ3) is 1.58. The minimum Gasteiger partial charge on any atom is -0.310 e. The predicted molar refractivity (Wildman–Crippen MR) is 66.5 cm³/mol. The van der Waals surface area contributed by atoms with Gasteiger partial charge >= 0.3 is 0 Å². The SMILES string of the molecule is Cc1cnc2nc(-c3ccccc3)n(C)c2n1. The van der Waals surface area contributed by atoms with Crippen molar-refractivity contribution in [2.24, 2.45) is 7.05 Å². The van der Waals surface area contributed by atoms with Crippen LogP contribution in [-0.4, -0.2) is 19.5 Å². The molecule has 0 bridgehead atoms. The first-order valence-electron chi connectivity index (χ1n) is 5.47. The van der Waals surface area contributed by atoms with Crippen LogP contribution in [0.5, 0.6) is 0 Å². The third-order valence-electron chi connectivity index (χ3n) is 2.74. The molecule has 0 aliphatic rings. The van der Waals surface area contributed by atoms with Gasteiger partial charge in [-0.2, -0.15) is 0 Å². The number of aromatic nitrogens is 4. The number of hydrogen-bond acceptors (Lipinski definition) is 3. The zero-order valence-electron chi connectivity index (χ0n) is 9.75. The molecule has 0 aliphatic heterocycles. The number of rotatable bonds is 1. The van der Waals surface area contributed by atoms with Gasteiger partial charge in [0.05, 0.1) is 11.9 Å². The molecule has 1 aromatic carbocycles. The molecule has 0 aliphatic carbocycles. The summed E-state index contributed by atoms with van der Waals surface area (Å²) in [5.41, 5.74) is 3.49. The molecule has 3 rings (SSSR count). The van der Waals surface area contributed by atoms with E-state index in [9.17, 15) is 0 Å². The van der Waals surface area contributed by atoms with Crippen molar-refractivity contribution >= 4 is 11.3 Å². The molecule has 2 heterocycles. The molecule has 0 radical (unpaired) electrons. The zero-order valence-corrected chi connectivity index (χ0v) is 9.75. The summed E-state index contributed by atoms with van der Waals surface area (Å²) in [6, 6.07) is 10.1. The van der Waals surface area contributed by atoms with Crippen molar-refractivity contribution in [3.8, 4) is 11.4 Å². The molecule has 4 heteroatoms. The molecule has 0 saturated heterocycles. The van der Waals surface area contributed by atoms with E-state index in [2.05, 4.69) is 15.0 Å². The zero-order chi connectivity index (χ0) is 11.8. The van der Waals surface area contributed by atoms with Gasteiger partial charge in [-0.05, 0) is 6.92 Å². The molecule has 0 atom stereocenters. The van der Waals surface area contributed by atoms with Crippen LogP contribution in [0, 0.1) is 6.92 Å². The molecule has 4 nitrogen and oxygen atoms in total. The number of aryl methyl sites for hydroxylation is 2. The lowest BCUT2D eigenvalue weighted by atomic mass is 10.2. The molecule has 0 spiro atoms. The van der Waals surface area contributed by atoms with Crippen LogP contribution >= 0.6 is 0 Å². The lowest BCUT2D eigenvalue weighted by Crippen LogP contribution is -1.94. The number of benzene rings is 1. The highest BCUT2D eigenvalue weighted by Gasteiger charge is 2.11. The van der Waals surface area contributed by atoms with Gasteiger partial charge in [0, 0.05) is 12.6 Å². The second-order valence-corrected chi connectivity index (χ2v) is 4.02.